The molecule has 1 atom stereocenters. The van der Waals surface area contributed by atoms with Gasteiger partial charge in [0.05, 0.1) is 6.04 Å². The van der Waals surface area contributed by atoms with Gasteiger partial charge in [0, 0.05) is 31.4 Å². The summed E-state index contributed by atoms with van der Waals surface area (Å²) < 4.78 is 2.18. The molecule has 88 valence electrons. The van der Waals surface area contributed by atoms with E-state index in [0.29, 0.717) is 12.0 Å². The summed E-state index contributed by atoms with van der Waals surface area (Å²) in [7, 11) is 0. The predicted octanol–water partition coefficient (Wildman–Crippen LogP) is 0.511. The molecule has 0 saturated heterocycles. The molecule has 0 fully saturated rings. The van der Waals surface area contributed by atoms with Crippen molar-refractivity contribution in [3.8, 4) is 0 Å². The summed E-state index contributed by atoms with van der Waals surface area (Å²) in [5.74, 6) is 1.65. The second-order valence-corrected chi connectivity index (χ2v) is 4.50. The lowest BCUT2D eigenvalue weighted by Gasteiger charge is -2.21. The van der Waals surface area contributed by atoms with E-state index in [1.54, 1.807) is 0 Å². The third-order valence-electron chi connectivity index (χ3n) is 2.68. The number of nitrogens with zero attached hydrogens (tertiary/aromatic N) is 3. The molecule has 3 N–H and O–H groups in total. The minimum absolute atomic E-state index is 0.265. The van der Waals surface area contributed by atoms with Crippen LogP contribution in [0.1, 0.15) is 26.1 Å². The lowest BCUT2D eigenvalue weighted by molar-refractivity contribution is 0.463. The van der Waals surface area contributed by atoms with Gasteiger partial charge in [-0.2, -0.15) is 0 Å². The molecule has 0 aromatic carbocycles. The highest BCUT2D eigenvalue weighted by atomic mass is 15.1. The predicted molar refractivity (Wildman–Crippen MR) is 64.2 cm³/mol. The third kappa shape index (κ3) is 2.53. The first kappa shape index (κ1) is 11.0. The van der Waals surface area contributed by atoms with Crippen molar-refractivity contribution in [2.75, 3.05) is 0 Å². The zero-order valence-corrected chi connectivity index (χ0v) is 9.85. The SMILES string of the molecule is CC(C)NC(N)=NC1CCn2ccnc2C1. The molecule has 0 radical (unpaired) electrons. The number of nitrogens with one attached hydrogen (secondary N) is 1. The summed E-state index contributed by atoms with van der Waals surface area (Å²) in [6, 6.07) is 0.593. The first-order chi connectivity index (χ1) is 7.65. The Bertz CT molecular complexity index is 379. The molecule has 0 bridgehead atoms. The highest BCUT2D eigenvalue weighted by Gasteiger charge is 2.18. The van der Waals surface area contributed by atoms with Gasteiger partial charge in [-0.25, -0.2) is 9.98 Å². The topological polar surface area (TPSA) is 68.2 Å². The van der Waals surface area contributed by atoms with Crippen LogP contribution in [0.25, 0.3) is 0 Å². The monoisotopic (exact) mass is 221 g/mol. The Morgan fingerprint density at radius 3 is 3.25 bits per heavy atom. The Balaban J connectivity index is 1.98. The number of aryl methyl sites for hydroxylation is 1. The lowest BCUT2D eigenvalue weighted by atomic mass is 10.1. The molecule has 0 saturated carbocycles. The maximum absolute atomic E-state index is 5.81. The second kappa shape index (κ2) is 4.55. The fraction of sp³-hybridized carbons (Fsp3) is 0.636. The van der Waals surface area contributed by atoms with Crippen LogP contribution < -0.4 is 11.1 Å². The van der Waals surface area contributed by atoms with Gasteiger partial charge >= 0.3 is 0 Å². The van der Waals surface area contributed by atoms with Crippen LogP contribution in [0.2, 0.25) is 0 Å². The van der Waals surface area contributed by atoms with Crippen LogP contribution in [-0.4, -0.2) is 27.6 Å². The lowest BCUT2D eigenvalue weighted by Crippen LogP contribution is -2.38. The Morgan fingerprint density at radius 1 is 1.69 bits per heavy atom. The van der Waals surface area contributed by atoms with E-state index in [0.717, 1.165) is 25.2 Å². The molecule has 2 rings (SSSR count). The van der Waals surface area contributed by atoms with Crippen LogP contribution in [0, 0.1) is 0 Å². The van der Waals surface area contributed by atoms with E-state index in [-0.39, 0.29) is 6.04 Å². The minimum atomic E-state index is 0.265. The molecule has 1 aromatic heterocycles. The van der Waals surface area contributed by atoms with E-state index in [1.165, 1.54) is 0 Å². The number of fused-ring (bicyclic) bond motifs is 1. The normalized spacial score (nSPS) is 20.9. The molecule has 5 nitrogen and oxygen atoms in total. The van der Waals surface area contributed by atoms with E-state index in [9.17, 15) is 0 Å². The minimum Gasteiger partial charge on any atom is -0.370 e. The van der Waals surface area contributed by atoms with Crippen molar-refractivity contribution in [2.45, 2.75) is 45.3 Å². The van der Waals surface area contributed by atoms with Gasteiger partial charge in [0.1, 0.15) is 5.82 Å². The Labute approximate surface area is 95.8 Å². The number of aliphatic imine (C=N–C) groups is 1. The second-order valence-electron chi connectivity index (χ2n) is 4.50. The maximum atomic E-state index is 5.81. The number of guanidine groups is 1. The smallest absolute Gasteiger partial charge is 0.189 e. The molecule has 16 heavy (non-hydrogen) atoms. The van der Waals surface area contributed by atoms with Crippen molar-refractivity contribution in [2.24, 2.45) is 10.7 Å². The van der Waals surface area contributed by atoms with Gasteiger partial charge in [0.15, 0.2) is 5.96 Å². The standard InChI is InChI=1S/C11H19N5/c1-8(2)14-11(12)15-9-3-5-16-6-4-13-10(16)7-9/h4,6,8-9H,3,5,7H2,1-2H3,(H3,12,14,15). The van der Waals surface area contributed by atoms with E-state index in [2.05, 4.69) is 33.7 Å². The first-order valence-corrected chi connectivity index (χ1v) is 5.75. The fourth-order valence-corrected chi connectivity index (χ4v) is 1.97. The maximum Gasteiger partial charge on any atom is 0.189 e. The van der Waals surface area contributed by atoms with Gasteiger partial charge in [-0.15, -0.1) is 0 Å². The van der Waals surface area contributed by atoms with Crippen molar-refractivity contribution in [1.82, 2.24) is 14.9 Å². The number of imidazole rings is 1. The number of rotatable bonds is 2. The average Bonchev–Trinajstić information content (AvgIpc) is 2.63. The number of hydrogen-bond acceptors (Lipinski definition) is 2. The molecule has 0 aliphatic carbocycles. The van der Waals surface area contributed by atoms with Crippen LogP contribution >= 0.6 is 0 Å². The van der Waals surface area contributed by atoms with Gasteiger partial charge in [-0.1, -0.05) is 0 Å². The van der Waals surface area contributed by atoms with Crippen molar-refractivity contribution in [3.63, 3.8) is 0 Å². The van der Waals surface area contributed by atoms with Crippen molar-refractivity contribution in [1.29, 1.82) is 0 Å². The molecule has 1 aliphatic heterocycles. The van der Waals surface area contributed by atoms with Crippen LogP contribution in [0.3, 0.4) is 0 Å². The summed E-state index contributed by atoms with van der Waals surface area (Å²) >= 11 is 0. The summed E-state index contributed by atoms with van der Waals surface area (Å²) in [5.41, 5.74) is 5.81. The zero-order chi connectivity index (χ0) is 11.5. The summed E-state index contributed by atoms with van der Waals surface area (Å²) in [6.45, 7) is 5.09. The Morgan fingerprint density at radius 2 is 2.50 bits per heavy atom. The Hall–Kier alpha value is -1.52. The highest BCUT2D eigenvalue weighted by molar-refractivity contribution is 5.78. The number of nitrogens with two attached hydrogens (primary N) is 1. The number of aromatic nitrogens is 2. The fourth-order valence-electron chi connectivity index (χ4n) is 1.97. The molecule has 1 aromatic rings. The van der Waals surface area contributed by atoms with Gasteiger partial charge < -0.3 is 15.6 Å². The van der Waals surface area contributed by atoms with Gasteiger partial charge in [0.2, 0.25) is 0 Å². The zero-order valence-electron chi connectivity index (χ0n) is 9.85. The summed E-state index contributed by atoms with van der Waals surface area (Å²) in [4.78, 5) is 8.79. The molecule has 1 unspecified atom stereocenters. The molecule has 5 heteroatoms. The van der Waals surface area contributed by atoms with E-state index in [4.69, 9.17) is 5.73 Å². The van der Waals surface area contributed by atoms with E-state index in [1.807, 2.05) is 12.4 Å². The van der Waals surface area contributed by atoms with Crippen LogP contribution in [-0.2, 0) is 13.0 Å². The van der Waals surface area contributed by atoms with Crippen LogP contribution in [0.4, 0.5) is 0 Å². The van der Waals surface area contributed by atoms with Crippen LogP contribution in [0.5, 0.6) is 0 Å². The molecule has 2 heterocycles. The summed E-state index contributed by atoms with van der Waals surface area (Å²) in [5, 5.41) is 3.11. The quantitative estimate of drug-likeness (QED) is 0.565. The van der Waals surface area contributed by atoms with Crippen molar-refractivity contribution >= 4 is 5.96 Å². The highest BCUT2D eigenvalue weighted by Crippen LogP contribution is 2.15. The third-order valence-corrected chi connectivity index (χ3v) is 2.68. The van der Waals surface area contributed by atoms with Gasteiger partial charge in [-0.05, 0) is 20.3 Å². The van der Waals surface area contributed by atoms with E-state index < -0.39 is 0 Å². The molecule has 0 spiro atoms. The van der Waals surface area contributed by atoms with Crippen LogP contribution in [0.15, 0.2) is 17.4 Å². The largest absolute Gasteiger partial charge is 0.370 e. The number of hydrogen-bond donors (Lipinski definition) is 2. The average molecular weight is 221 g/mol. The van der Waals surface area contributed by atoms with Crippen molar-refractivity contribution in [3.05, 3.63) is 18.2 Å². The van der Waals surface area contributed by atoms with Gasteiger partial charge in [-0.3, -0.25) is 0 Å². The molecular formula is C11H19N5. The molecule has 0 amide bonds. The first-order valence-electron chi connectivity index (χ1n) is 5.75. The Kier molecular flexibility index (Phi) is 3.12. The van der Waals surface area contributed by atoms with Crippen molar-refractivity contribution < 1.29 is 0 Å². The van der Waals surface area contributed by atoms with E-state index >= 15 is 0 Å². The summed E-state index contributed by atoms with van der Waals surface area (Å²) in [6.07, 6.45) is 5.78. The molecular weight excluding hydrogens is 202 g/mol. The van der Waals surface area contributed by atoms with Gasteiger partial charge in [0.25, 0.3) is 0 Å². The molecule has 1 aliphatic rings.